The van der Waals surface area contributed by atoms with Gasteiger partial charge >= 0.3 is 0 Å². The summed E-state index contributed by atoms with van der Waals surface area (Å²) < 4.78 is 0. The summed E-state index contributed by atoms with van der Waals surface area (Å²) in [6, 6.07) is 8.77. The fourth-order valence-electron chi connectivity index (χ4n) is 3.03. The number of benzene rings is 1. The van der Waals surface area contributed by atoms with Gasteiger partial charge in [0.2, 0.25) is 0 Å². The molecule has 0 aliphatic carbocycles. The average Bonchev–Trinajstić information content (AvgIpc) is 3.04. The van der Waals surface area contributed by atoms with Crippen molar-refractivity contribution in [1.29, 1.82) is 5.26 Å². The molecule has 2 N–H and O–H groups in total. The molecular weight excluding hydrogens is 234 g/mol. The van der Waals surface area contributed by atoms with Crippen molar-refractivity contribution in [3.63, 3.8) is 0 Å². The molecule has 1 saturated heterocycles. The molecule has 3 nitrogen and oxygen atoms in total. The van der Waals surface area contributed by atoms with Crippen molar-refractivity contribution in [3.05, 3.63) is 35.0 Å². The van der Waals surface area contributed by atoms with E-state index in [0.717, 1.165) is 17.5 Å². The molecule has 1 aromatic heterocycles. The first kappa shape index (κ1) is 12.3. The molecule has 0 saturated carbocycles. The van der Waals surface area contributed by atoms with Crippen molar-refractivity contribution in [2.75, 3.05) is 6.54 Å². The summed E-state index contributed by atoms with van der Waals surface area (Å²) in [6.45, 7) is 3.34. The zero-order chi connectivity index (χ0) is 13.2. The Balaban J connectivity index is 1.83. The molecule has 0 radical (unpaired) electrons. The summed E-state index contributed by atoms with van der Waals surface area (Å²) in [4.78, 5) is 3.48. The van der Waals surface area contributed by atoms with E-state index in [2.05, 4.69) is 29.4 Å². The maximum atomic E-state index is 8.95. The van der Waals surface area contributed by atoms with Gasteiger partial charge < -0.3 is 10.3 Å². The average molecular weight is 253 g/mol. The molecule has 2 heterocycles. The Bertz CT molecular complexity index is 627. The highest BCUT2D eigenvalue weighted by Gasteiger charge is 2.15. The molecule has 0 amide bonds. The number of aryl methyl sites for hydroxylation is 2. The fourth-order valence-corrected chi connectivity index (χ4v) is 3.03. The summed E-state index contributed by atoms with van der Waals surface area (Å²) in [7, 11) is 0. The molecule has 1 fully saturated rings. The first-order valence-electron chi connectivity index (χ1n) is 7.02. The molecule has 19 heavy (non-hydrogen) atoms. The fraction of sp³-hybridized carbons (Fsp3) is 0.438. The lowest BCUT2D eigenvalue weighted by molar-refractivity contribution is 0.556. The van der Waals surface area contributed by atoms with Gasteiger partial charge in [-0.1, -0.05) is 6.07 Å². The second-order valence-electron chi connectivity index (χ2n) is 5.43. The van der Waals surface area contributed by atoms with Crippen molar-refractivity contribution in [3.8, 4) is 6.07 Å². The lowest BCUT2D eigenvalue weighted by Crippen LogP contribution is -2.21. The number of nitriles is 1. The van der Waals surface area contributed by atoms with Gasteiger partial charge in [-0.15, -0.1) is 0 Å². The van der Waals surface area contributed by atoms with Gasteiger partial charge in [0, 0.05) is 22.6 Å². The quantitative estimate of drug-likeness (QED) is 0.883. The number of nitrogens with zero attached hydrogens (tertiary/aromatic N) is 1. The van der Waals surface area contributed by atoms with Gasteiger partial charge in [0.25, 0.3) is 0 Å². The summed E-state index contributed by atoms with van der Waals surface area (Å²) in [6.07, 6.45) is 4.89. The van der Waals surface area contributed by atoms with Crippen LogP contribution in [-0.2, 0) is 6.42 Å². The minimum atomic E-state index is 0.681. The third-order valence-electron chi connectivity index (χ3n) is 4.20. The molecule has 0 unspecified atom stereocenters. The van der Waals surface area contributed by atoms with E-state index in [1.54, 1.807) is 0 Å². The zero-order valence-corrected chi connectivity index (χ0v) is 11.3. The monoisotopic (exact) mass is 253 g/mol. The number of aromatic amines is 1. The number of rotatable bonds is 3. The third-order valence-corrected chi connectivity index (χ3v) is 4.20. The van der Waals surface area contributed by atoms with Crippen LogP contribution in [0, 0.1) is 18.3 Å². The number of nitrogens with one attached hydrogen (secondary N) is 2. The molecule has 1 aliphatic heterocycles. The Morgan fingerprint density at radius 3 is 3.05 bits per heavy atom. The molecule has 2 aromatic rings. The van der Waals surface area contributed by atoms with E-state index in [4.69, 9.17) is 5.26 Å². The molecule has 3 heteroatoms. The van der Waals surface area contributed by atoms with Crippen LogP contribution in [0.25, 0.3) is 10.9 Å². The Kier molecular flexibility index (Phi) is 3.27. The predicted octanol–water partition coefficient (Wildman–Crippen LogP) is 3.03. The van der Waals surface area contributed by atoms with Crippen LogP contribution in [0.4, 0.5) is 0 Å². The van der Waals surface area contributed by atoms with Crippen LogP contribution in [-0.4, -0.2) is 17.6 Å². The standard InChI is InChI=1S/C16H19N3/c1-11-14-6-4-12(10-17)9-16(14)19-15(11)7-5-13-3-2-8-18-13/h4,6,9,13,18-19H,2-3,5,7-8H2,1H3/t13-/m0/s1. The highest BCUT2D eigenvalue weighted by molar-refractivity contribution is 5.85. The van der Waals surface area contributed by atoms with E-state index in [1.807, 2.05) is 12.1 Å². The van der Waals surface area contributed by atoms with Crippen molar-refractivity contribution in [2.24, 2.45) is 0 Å². The number of hydrogen-bond donors (Lipinski definition) is 2. The number of H-pyrrole nitrogens is 1. The summed E-state index contributed by atoms with van der Waals surface area (Å²) in [5, 5.41) is 13.7. The molecule has 98 valence electrons. The summed E-state index contributed by atoms with van der Waals surface area (Å²) >= 11 is 0. The molecule has 1 atom stereocenters. The van der Waals surface area contributed by atoms with E-state index in [1.165, 1.54) is 42.5 Å². The second kappa shape index (κ2) is 5.07. The molecule has 3 rings (SSSR count). The van der Waals surface area contributed by atoms with E-state index in [9.17, 15) is 0 Å². The maximum Gasteiger partial charge on any atom is 0.0992 e. The van der Waals surface area contributed by atoms with E-state index >= 15 is 0 Å². The van der Waals surface area contributed by atoms with Crippen LogP contribution < -0.4 is 5.32 Å². The number of fused-ring (bicyclic) bond motifs is 1. The first-order chi connectivity index (χ1) is 9.28. The Labute approximate surface area is 113 Å². The number of hydrogen-bond acceptors (Lipinski definition) is 2. The third kappa shape index (κ3) is 2.36. The van der Waals surface area contributed by atoms with Crippen LogP contribution in [0.1, 0.15) is 36.1 Å². The van der Waals surface area contributed by atoms with Crippen molar-refractivity contribution in [2.45, 2.75) is 38.6 Å². The van der Waals surface area contributed by atoms with Gasteiger partial charge in [-0.25, -0.2) is 0 Å². The van der Waals surface area contributed by atoms with Gasteiger partial charge in [-0.3, -0.25) is 0 Å². The molecular formula is C16H19N3. The predicted molar refractivity (Wildman–Crippen MR) is 77.1 cm³/mol. The lowest BCUT2D eigenvalue weighted by atomic mass is 10.0. The maximum absolute atomic E-state index is 8.95. The Morgan fingerprint density at radius 1 is 1.42 bits per heavy atom. The normalized spacial score (nSPS) is 18.8. The van der Waals surface area contributed by atoms with Crippen LogP contribution in [0.3, 0.4) is 0 Å². The number of aromatic nitrogens is 1. The van der Waals surface area contributed by atoms with Gasteiger partial charge in [0.1, 0.15) is 0 Å². The largest absolute Gasteiger partial charge is 0.358 e. The van der Waals surface area contributed by atoms with Gasteiger partial charge in [-0.2, -0.15) is 5.26 Å². The topological polar surface area (TPSA) is 51.6 Å². The lowest BCUT2D eigenvalue weighted by Gasteiger charge is -2.09. The van der Waals surface area contributed by atoms with Crippen molar-refractivity contribution in [1.82, 2.24) is 10.3 Å². The van der Waals surface area contributed by atoms with Crippen LogP contribution in [0.5, 0.6) is 0 Å². The highest BCUT2D eigenvalue weighted by Crippen LogP contribution is 2.24. The van der Waals surface area contributed by atoms with Crippen LogP contribution >= 0.6 is 0 Å². The molecule has 1 aromatic carbocycles. The highest BCUT2D eigenvalue weighted by atomic mass is 14.9. The van der Waals surface area contributed by atoms with E-state index in [-0.39, 0.29) is 0 Å². The minimum Gasteiger partial charge on any atom is -0.358 e. The molecule has 0 spiro atoms. The van der Waals surface area contributed by atoms with E-state index < -0.39 is 0 Å². The zero-order valence-electron chi connectivity index (χ0n) is 11.3. The van der Waals surface area contributed by atoms with Gasteiger partial charge in [-0.05, 0) is 56.8 Å². The minimum absolute atomic E-state index is 0.681. The van der Waals surface area contributed by atoms with Gasteiger partial charge in [0.15, 0.2) is 0 Å². The summed E-state index contributed by atoms with van der Waals surface area (Å²) in [5.74, 6) is 0. The SMILES string of the molecule is Cc1c(CC[C@@H]2CCCN2)[nH]c2cc(C#N)ccc12. The van der Waals surface area contributed by atoms with Crippen LogP contribution in [0.15, 0.2) is 18.2 Å². The van der Waals surface area contributed by atoms with Crippen LogP contribution in [0.2, 0.25) is 0 Å². The Hall–Kier alpha value is -1.79. The second-order valence-corrected chi connectivity index (χ2v) is 5.43. The van der Waals surface area contributed by atoms with Crippen molar-refractivity contribution >= 4 is 10.9 Å². The smallest absolute Gasteiger partial charge is 0.0992 e. The Morgan fingerprint density at radius 2 is 2.32 bits per heavy atom. The van der Waals surface area contributed by atoms with Crippen molar-refractivity contribution < 1.29 is 0 Å². The van der Waals surface area contributed by atoms with Gasteiger partial charge in [0.05, 0.1) is 11.6 Å². The molecule has 0 bridgehead atoms. The molecule has 1 aliphatic rings. The van der Waals surface area contributed by atoms with E-state index in [0.29, 0.717) is 6.04 Å². The summed E-state index contributed by atoms with van der Waals surface area (Å²) in [5.41, 5.74) is 4.46. The first-order valence-corrected chi connectivity index (χ1v) is 7.02.